The van der Waals surface area contributed by atoms with Gasteiger partial charge in [0.25, 0.3) is 0 Å². The van der Waals surface area contributed by atoms with Gasteiger partial charge in [-0.25, -0.2) is 9.78 Å². The van der Waals surface area contributed by atoms with Crippen molar-refractivity contribution in [3.8, 4) is 0 Å². The van der Waals surface area contributed by atoms with E-state index in [4.69, 9.17) is 9.72 Å². The molecule has 7 nitrogen and oxygen atoms in total. The number of carbonyl (C=O) groups excluding carboxylic acids is 1. The summed E-state index contributed by atoms with van der Waals surface area (Å²) in [4.78, 5) is 28.8. The average molecular weight is 450 g/mol. The molecule has 1 amide bonds. The van der Waals surface area contributed by atoms with Crippen molar-refractivity contribution in [2.75, 3.05) is 31.1 Å². The molecule has 2 atom stereocenters. The topological polar surface area (TPSA) is 61.8 Å². The maximum Gasteiger partial charge on any atom is 0.410 e. The molecule has 0 radical (unpaired) electrons. The zero-order valence-electron chi connectivity index (χ0n) is 20.2. The lowest BCUT2D eigenvalue weighted by atomic mass is 9.61. The van der Waals surface area contributed by atoms with Gasteiger partial charge in [0.2, 0.25) is 0 Å². The molecule has 1 spiro atoms. The van der Waals surface area contributed by atoms with Gasteiger partial charge in [0.15, 0.2) is 5.82 Å². The molecule has 1 aromatic carbocycles. The summed E-state index contributed by atoms with van der Waals surface area (Å²) in [5, 5.41) is 0. The summed E-state index contributed by atoms with van der Waals surface area (Å²) in [6, 6.07) is 10.9. The number of rotatable bonds is 4. The van der Waals surface area contributed by atoms with E-state index in [2.05, 4.69) is 59.0 Å². The summed E-state index contributed by atoms with van der Waals surface area (Å²) < 4.78 is 5.94. The molecule has 3 heterocycles. The minimum Gasteiger partial charge on any atom is -0.446 e. The third-order valence-electron chi connectivity index (χ3n) is 7.50. The normalized spacial score (nSPS) is 25.0. The smallest absolute Gasteiger partial charge is 0.410 e. The molecule has 176 valence electrons. The van der Waals surface area contributed by atoms with Gasteiger partial charge in [-0.3, -0.25) is 9.88 Å². The van der Waals surface area contributed by atoms with Crippen LogP contribution in [0.15, 0.2) is 36.5 Å². The average Bonchev–Trinajstić information content (AvgIpc) is 2.74. The van der Waals surface area contributed by atoms with Crippen LogP contribution in [-0.4, -0.2) is 70.2 Å². The summed E-state index contributed by atoms with van der Waals surface area (Å²) in [5.41, 5.74) is 3.56. The lowest BCUT2D eigenvalue weighted by molar-refractivity contribution is -0.137. The Morgan fingerprint density at radius 2 is 1.82 bits per heavy atom. The van der Waals surface area contributed by atoms with E-state index >= 15 is 0 Å². The van der Waals surface area contributed by atoms with Gasteiger partial charge in [-0.05, 0) is 46.1 Å². The third kappa shape index (κ3) is 4.43. The van der Waals surface area contributed by atoms with Crippen molar-refractivity contribution in [3.63, 3.8) is 0 Å². The van der Waals surface area contributed by atoms with Crippen LogP contribution in [0.3, 0.4) is 0 Å². The van der Waals surface area contributed by atoms with Crippen molar-refractivity contribution in [1.82, 2.24) is 19.8 Å². The van der Waals surface area contributed by atoms with E-state index in [0.29, 0.717) is 12.0 Å². The first-order valence-corrected chi connectivity index (χ1v) is 12.1. The summed E-state index contributed by atoms with van der Waals surface area (Å²) in [5.74, 6) is 0.924. The van der Waals surface area contributed by atoms with E-state index in [0.717, 1.165) is 56.2 Å². The van der Waals surface area contributed by atoms with Crippen LogP contribution >= 0.6 is 0 Å². The summed E-state index contributed by atoms with van der Waals surface area (Å²) in [6.45, 7) is 12.8. The second kappa shape index (κ2) is 8.60. The SMILES string of the molecule is Cc1cnc(C)c(N2C[C@@H](C)N(C(=O)OC3CC4(C3)CN(Cc3ccccc3)C4)C[C@@H]2C)n1. The zero-order valence-corrected chi connectivity index (χ0v) is 20.2. The Morgan fingerprint density at radius 1 is 1.09 bits per heavy atom. The molecule has 0 bridgehead atoms. The number of aryl methyl sites for hydroxylation is 2. The van der Waals surface area contributed by atoms with E-state index in [-0.39, 0.29) is 24.3 Å². The molecule has 2 aromatic rings. The predicted octanol–water partition coefficient (Wildman–Crippen LogP) is 3.79. The predicted molar refractivity (Wildman–Crippen MR) is 128 cm³/mol. The molecule has 3 fully saturated rings. The molecule has 3 aliphatic rings. The van der Waals surface area contributed by atoms with Gasteiger partial charge in [-0.2, -0.15) is 0 Å². The molecule has 1 saturated carbocycles. The van der Waals surface area contributed by atoms with Crippen LogP contribution in [-0.2, 0) is 11.3 Å². The number of carbonyl (C=O) groups is 1. The number of hydrogen-bond acceptors (Lipinski definition) is 6. The molecule has 2 saturated heterocycles. The Morgan fingerprint density at radius 3 is 2.55 bits per heavy atom. The van der Waals surface area contributed by atoms with Crippen LogP contribution in [0, 0.1) is 19.3 Å². The molecule has 33 heavy (non-hydrogen) atoms. The van der Waals surface area contributed by atoms with Crippen molar-refractivity contribution in [2.24, 2.45) is 5.41 Å². The number of benzene rings is 1. The van der Waals surface area contributed by atoms with E-state index in [9.17, 15) is 4.79 Å². The lowest BCUT2D eigenvalue weighted by Crippen LogP contribution is -2.64. The van der Waals surface area contributed by atoms with Crippen LogP contribution in [0.4, 0.5) is 10.6 Å². The zero-order chi connectivity index (χ0) is 23.2. The summed E-state index contributed by atoms with van der Waals surface area (Å²) >= 11 is 0. The van der Waals surface area contributed by atoms with E-state index in [1.165, 1.54) is 5.56 Å². The van der Waals surface area contributed by atoms with Crippen molar-refractivity contribution in [2.45, 2.75) is 65.3 Å². The van der Waals surface area contributed by atoms with Crippen molar-refractivity contribution in [1.29, 1.82) is 0 Å². The molecule has 0 N–H and O–H groups in total. The number of nitrogens with zero attached hydrogens (tertiary/aromatic N) is 5. The second-order valence-electron chi connectivity index (χ2n) is 10.5. The Hall–Kier alpha value is -2.67. The molecule has 5 rings (SSSR count). The fourth-order valence-corrected chi connectivity index (χ4v) is 5.79. The first-order chi connectivity index (χ1) is 15.8. The fourth-order valence-electron chi connectivity index (χ4n) is 5.79. The number of amides is 1. The van der Waals surface area contributed by atoms with Crippen LogP contribution in [0.5, 0.6) is 0 Å². The molecule has 0 unspecified atom stereocenters. The number of hydrogen-bond donors (Lipinski definition) is 0. The van der Waals surface area contributed by atoms with Crippen LogP contribution < -0.4 is 4.90 Å². The first kappa shape index (κ1) is 22.1. The van der Waals surface area contributed by atoms with Gasteiger partial charge < -0.3 is 14.5 Å². The number of ether oxygens (including phenoxy) is 1. The van der Waals surface area contributed by atoms with Crippen LogP contribution in [0.2, 0.25) is 0 Å². The Kier molecular flexibility index (Phi) is 5.77. The number of anilines is 1. The van der Waals surface area contributed by atoms with Gasteiger partial charge >= 0.3 is 6.09 Å². The lowest BCUT2D eigenvalue weighted by Gasteiger charge is -2.58. The number of likely N-dealkylation sites (tertiary alicyclic amines) is 1. The minimum absolute atomic E-state index is 0.0572. The highest BCUT2D eigenvalue weighted by Gasteiger charge is 2.54. The summed E-state index contributed by atoms with van der Waals surface area (Å²) in [6.07, 6.45) is 3.68. The third-order valence-corrected chi connectivity index (χ3v) is 7.50. The van der Waals surface area contributed by atoms with Crippen molar-refractivity contribution < 1.29 is 9.53 Å². The summed E-state index contributed by atoms with van der Waals surface area (Å²) in [7, 11) is 0. The maximum absolute atomic E-state index is 13.0. The standard InChI is InChI=1S/C26H35N5O2/c1-18-12-27-21(4)24(28-18)30-13-20(3)31(14-19(30)2)25(32)33-23-10-26(11-23)16-29(17-26)15-22-8-6-5-7-9-22/h5-9,12,19-20,23H,10-11,13-17H2,1-4H3/t19-,20+/m0/s1. The fraction of sp³-hybridized carbons (Fsp3) is 0.577. The largest absolute Gasteiger partial charge is 0.446 e. The Balaban J connectivity index is 1.10. The number of aromatic nitrogens is 2. The van der Waals surface area contributed by atoms with Gasteiger partial charge in [0.1, 0.15) is 6.10 Å². The highest BCUT2D eigenvalue weighted by atomic mass is 16.6. The van der Waals surface area contributed by atoms with Crippen molar-refractivity contribution in [3.05, 3.63) is 53.5 Å². The molecule has 1 aromatic heterocycles. The Labute approximate surface area is 196 Å². The molecular weight excluding hydrogens is 414 g/mol. The van der Waals surface area contributed by atoms with Gasteiger partial charge in [-0.1, -0.05) is 30.3 Å². The number of piperazine rings is 1. The van der Waals surface area contributed by atoms with Crippen molar-refractivity contribution >= 4 is 11.9 Å². The van der Waals surface area contributed by atoms with Crippen LogP contribution in [0.25, 0.3) is 0 Å². The Bertz CT molecular complexity index is 999. The van der Waals surface area contributed by atoms with E-state index < -0.39 is 0 Å². The highest BCUT2D eigenvalue weighted by Crippen LogP contribution is 2.50. The van der Waals surface area contributed by atoms with Gasteiger partial charge in [0, 0.05) is 56.4 Å². The quantitative estimate of drug-likeness (QED) is 0.708. The first-order valence-electron chi connectivity index (χ1n) is 12.1. The molecule has 7 heteroatoms. The van der Waals surface area contributed by atoms with Gasteiger partial charge in [-0.15, -0.1) is 0 Å². The second-order valence-corrected chi connectivity index (χ2v) is 10.5. The molecular formula is C26H35N5O2. The molecule has 1 aliphatic carbocycles. The minimum atomic E-state index is -0.165. The monoisotopic (exact) mass is 449 g/mol. The van der Waals surface area contributed by atoms with Crippen LogP contribution in [0.1, 0.15) is 43.6 Å². The molecule has 2 aliphatic heterocycles. The van der Waals surface area contributed by atoms with Gasteiger partial charge in [0.05, 0.1) is 11.4 Å². The maximum atomic E-state index is 13.0. The highest BCUT2D eigenvalue weighted by molar-refractivity contribution is 5.69. The van der Waals surface area contributed by atoms with E-state index in [1.807, 2.05) is 18.7 Å². The van der Waals surface area contributed by atoms with E-state index in [1.54, 1.807) is 6.20 Å².